The van der Waals surface area contributed by atoms with Gasteiger partial charge in [0.25, 0.3) is 0 Å². The van der Waals surface area contributed by atoms with E-state index in [9.17, 15) is 25.5 Å². The molecule has 0 aromatic heterocycles. The molecule has 16 unspecified atom stereocenters. The number of ether oxygens (including phenoxy) is 3. The molecule has 552 valence electrons. The number of hydrogen-bond donors (Lipinski definition) is 5. The zero-order valence-corrected chi connectivity index (χ0v) is 63.9. The van der Waals surface area contributed by atoms with Crippen LogP contribution in [-0.2, 0) is 14.2 Å². The second-order valence-corrected chi connectivity index (χ2v) is 34.3. The smallest absolute Gasteiger partial charge is 0.118 e. The Morgan fingerprint density at radius 2 is 0.660 bits per heavy atom. The number of methoxy groups -OCH3 is 1. The number of aryl methyl sites for hydroxylation is 7. The van der Waals surface area contributed by atoms with Crippen LogP contribution in [0.1, 0.15) is 261 Å². The Bertz CT molecular complexity index is 3690. The summed E-state index contributed by atoms with van der Waals surface area (Å²) in [6.07, 6.45) is 29.0. The third-order valence-electron chi connectivity index (χ3n) is 28.0. The summed E-state index contributed by atoms with van der Waals surface area (Å²) in [5.74, 6) is 14.2. The van der Waals surface area contributed by atoms with E-state index in [4.69, 9.17) is 14.2 Å². The predicted molar refractivity (Wildman–Crippen MR) is 419 cm³/mol. The highest BCUT2D eigenvalue weighted by molar-refractivity contribution is 5.48. The van der Waals surface area contributed by atoms with E-state index in [1.165, 1.54) is 185 Å². The molecule has 5 N–H and O–H groups in total. The molecule has 0 aliphatic heterocycles. The maximum atomic E-state index is 10.3. The third kappa shape index (κ3) is 17.1. The molecule has 0 heterocycles. The van der Waals surface area contributed by atoms with Crippen LogP contribution in [-0.4, -0.2) is 65.7 Å². The minimum Gasteiger partial charge on any atom is -0.508 e. The lowest BCUT2D eigenvalue weighted by atomic mass is 9.68. The Labute approximate surface area is 618 Å². The molecule has 8 aliphatic carbocycles. The predicted octanol–water partition coefficient (Wildman–Crippen LogP) is 23.1. The molecule has 0 amide bonds. The van der Waals surface area contributed by atoms with E-state index in [2.05, 4.69) is 124 Å². The molecule has 0 saturated heterocycles. The number of phenolic OH excluding ortho intramolecular Hbond substituents is 5. The van der Waals surface area contributed by atoms with E-state index in [1.54, 1.807) is 12.7 Å². The van der Waals surface area contributed by atoms with Crippen LogP contribution in [0.3, 0.4) is 0 Å². The summed E-state index contributed by atoms with van der Waals surface area (Å²) in [5, 5.41) is 51.0. The van der Waals surface area contributed by atoms with E-state index in [-0.39, 0.29) is 11.8 Å². The summed E-state index contributed by atoms with van der Waals surface area (Å²) in [4.78, 5) is 0. The lowest BCUT2D eigenvalue weighted by molar-refractivity contribution is 0.00912. The molecule has 7 aromatic rings. The minimum atomic E-state index is 0.249. The molecule has 7 aromatic carbocycles. The molecule has 8 bridgehead atoms. The third-order valence-corrected chi connectivity index (χ3v) is 28.0. The summed E-state index contributed by atoms with van der Waals surface area (Å²) >= 11 is 0. The van der Waals surface area contributed by atoms with Gasteiger partial charge in [-0.1, -0.05) is 168 Å². The van der Waals surface area contributed by atoms with Crippen LogP contribution >= 0.6 is 0 Å². The maximum Gasteiger partial charge on any atom is 0.118 e. The number of rotatable bonds is 27. The van der Waals surface area contributed by atoms with Crippen LogP contribution in [0.5, 0.6) is 28.7 Å². The van der Waals surface area contributed by atoms with Crippen molar-refractivity contribution in [2.45, 2.75) is 226 Å². The van der Waals surface area contributed by atoms with E-state index in [0.717, 1.165) is 69.9 Å². The minimum absolute atomic E-state index is 0.249. The summed E-state index contributed by atoms with van der Waals surface area (Å²) in [5.41, 5.74) is 18.7. The monoisotopic (exact) mass is 1390 g/mol. The Morgan fingerprint density at radius 1 is 0.311 bits per heavy atom. The lowest BCUT2D eigenvalue weighted by Crippen LogP contribution is -2.24. The van der Waals surface area contributed by atoms with Crippen LogP contribution < -0.4 is 0 Å². The van der Waals surface area contributed by atoms with Gasteiger partial charge in [-0.15, -0.1) is 0 Å². The molecule has 0 spiro atoms. The average molecular weight is 1390 g/mol. The van der Waals surface area contributed by atoms with Gasteiger partial charge >= 0.3 is 0 Å². The van der Waals surface area contributed by atoms with E-state index in [1.807, 2.05) is 65.0 Å². The van der Waals surface area contributed by atoms with Gasteiger partial charge < -0.3 is 39.7 Å². The van der Waals surface area contributed by atoms with Gasteiger partial charge in [0.15, 0.2) is 0 Å². The van der Waals surface area contributed by atoms with E-state index < -0.39 is 0 Å². The summed E-state index contributed by atoms with van der Waals surface area (Å²) in [6.45, 7) is 20.2. The van der Waals surface area contributed by atoms with Gasteiger partial charge in [0, 0.05) is 25.6 Å². The fraction of sp³-hybridized carbons (Fsp3) is 0.558. The fourth-order valence-electron chi connectivity index (χ4n) is 22.3. The van der Waals surface area contributed by atoms with Crippen molar-refractivity contribution in [3.05, 3.63) is 217 Å². The molecule has 8 heteroatoms. The van der Waals surface area contributed by atoms with Crippen molar-refractivity contribution >= 4 is 0 Å². The first-order valence-corrected chi connectivity index (χ1v) is 40.7. The van der Waals surface area contributed by atoms with Crippen molar-refractivity contribution in [1.29, 1.82) is 0 Å². The van der Waals surface area contributed by atoms with Gasteiger partial charge in [-0.2, -0.15) is 0 Å². The fourth-order valence-corrected chi connectivity index (χ4v) is 22.3. The zero-order valence-electron chi connectivity index (χ0n) is 63.9. The largest absolute Gasteiger partial charge is 0.508 e. The van der Waals surface area contributed by atoms with Crippen LogP contribution in [0.4, 0.5) is 0 Å². The SMILES string of the molecule is CCCCCCCCCCC1CC2CC1CC2c1ccc(C)c(C)c1.COCCOCCOCC1CC2CC1CC2c1ccc(O)c(C)c1.Cc1cc(C(c2ccc(O)c(C)c2)C2CC3CC2CC3c2ccc(C3CC4CC3CC4C(c3ccc(O)c(C)c3)c3ccc(O)c(C)c3)cc2)ccc1O. The molecule has 8 aliphatic rings. The Morgan fingerprint density at radius 3 is 1.06 bits per heavy atom. The second kappa shape index (κ2) is 33.9. The van der Waals surface area contributed by atoms with Gasteiger partial charge in [0.05, 0.1) is 26.4 Å². The number of unbranched alkanes of at least 4 members (excludes halogenated alkanes) is 7. The molecule has 8 nitrogen and oxygen atoms in total. The number of fused-ring (bicyclic) bond motifs is 8. The second-order valence-electron chi connectivity index (χ2n) is 34.3. The van der Waals surface area contributed by atoms with Gasteiger partial charge in [0.1, 0.15) is 28.7 Å². The van der Waals surface area contributed by atoms with E-state index in [0.29, 0.717) is 114 Å². The molecule has 0 radical (unpaired) electrons. The van der Waals surface area contributed by atoms with Crippen LogP contribution in [0.15, 0.2) is 133 Å². The van der Waals surface area contributed by atoms with Crippen LogP contribution in [0, 0.1) is 119 Å². The van der Waals surface area contributed by atoms with Gasteiger partial charge in [-0.3, -0.25) is 0 Å². The summed E-state index contributed by atoms with van der Waals surface area (Å²) < 4.78 is 16.2. The topological polar surface area (TPSA) is 129 Å². The molecule has 103 heavy (non-hydrogen) atoms. The van der Waals surface area contributed by atoms with E-state index >= 15 is 0 Å². The molecule has 8 fully saturated rings. The number of phenols is 5. The summed E-state index contributed by atoms with van der Waals surface area (Å²) in [7, 11) is 1.68. The zero-order chi connectivity index (χ0) is 72.0. The molecule has 15 rings (SSSR count). The van der Waals surface area contributed by atoms with Crippen molar-refractivity contribution in [2.75, 3.05) is 40.1 Å². The van der Waals surface area contributed by atoms with Crippen molar-refractivity contribution in [1.82, 2.24) is 0 Å². The van der Waals surface area contributed by atoms with Gasteiger partial charge in [-0.05, 0) is 334 Å². The quantitative estimate of drug-likeness (QED) is 0.0322. The average Bonchev–Trinajstić information content (AvgIpc) is 1.62. The highest BCUT2D eigenvalue weighted by Crippen LogP contribution is 2.64. The Kier molecular flexibility index (Phi) is 24.6. The number of aromatic hydroxyl groups is 5. The summed E-state index contributed by atoms with van der Waals surface area (Å²) in [6, 6.07) is 47.7. The van der Waals surface area contributed by atoms with Gasteiger partial charge in [-0.25, -0.2) is 0 Å². The first kappa shape index (κ1) is 74.7. The maximum absolute atomic E-state index is 10.3. The molecular weight excluding hydrogens is 1270 g/mol. The first-order valence-electron chi connectivity index (χ1n) is 40.7. The van der Waals surface area contributed by atoms with Crippen LogP contribution in [0.2, 0.25) is 0 Å². The first-order chi connectivity index (χ1) is 49.9. The molecule has 16 atom stereocenters. The number of hydrogen-bond acceptors (Lipinski definition) is 8. The van der Waals surface area contributed by atoms with Crippen LogP contribution in [0.25, 0.3) is 0 Å². The van der Waals surface area contributed by atoms with Crippen molar-refractivity contribution in [2.24, 2.45) is 71.0 Å². The highest BCUT2D eigenvalue weighted by atomic mass is 16.5. The van der Waals surface area contributed by atoms with Crippen molar-refractivity contribution in [3.8, 4) is 28.7 Å². The standard InChI is InChI=1S/C50H54O4.C25H40.C20H30O4/c1-27-17-33(9-13-45(27)51)49(34-10-14-46(52)28(2)18-34)43-25-37-21-39(43)23-41(37)31-5-7-32(8-6-31)42-24-40-22-38(42)26-44(40)50(35-11-15-47(53)29(3)19-35)36-12-16-48(54)30(4)20-36;1-4-5-6-7-8-9-10-11-12-21-16-24-17-23(21)18-25(24)22-14-13-19(2)20(3)15-22;1-14-9-15(3-4-20(14)21)19-12-16-10-17(19)11-18(16)13-24-8-7-23-6-5-22-2/h5-20,37-44,49-54H,21-26H2,1-4H3;13-15,21,23-25H,4-12,16-18H2,1-3H3;3-4,9,16-19,21H,5-8,10-13H2,1-2H3. The normalized spacial score (nSPS) is 27.6. The number of benzene rings is 7. The van der Waals surface area contributed by atoms with Gasteiger partial charge in [0.2, 0.25) is 0 Å². The lowest BCUT2D eigenvalue weighted by Gasteiger charge is -2.36. The van der Waals surface area contributed by atoms with Crippen molar-refractivity contribution in [3.63, 3.8) is 0 Å². The molecule has 8 saturated carbocycles. The van der Waals surface area contributed by atoms with Crippen molar-refractivity contribution < 1.29 is 39.7 Å². The Balaban J connectivity index is 0.000000159. The Hall–Kier alpha value is -6.58. The molecular formula is C95H124O8. The highest BCUT2D eigenvalue weighted by Gasteiger charge is 2.52.